The molecule has 0 unspecified atom stereocenters. The molecule has 3 aromatic heterocycles. The Balaban J connectivity index is 1.41. The van der Waals surface area contributed by atoms with Gasteiger partial charge in [0.25, 0.3) is 5.91 Å². The minimum atomic E-state index is -0.459. The van der Waals surface area contributed by atoms with Gasteiger partial charge in [-0.15, -0.1) is 0 Å². The van der Waals surface area contributed by atoms with Crippen molar-refractivity contribution < 1.29 is 9.59 Å². The standard InChI is InChI=1S/C21H25N7O2/c1-2-28-12-14(9-24-28)16-11-23-19-18(25-16)15(10-22-19)20(29)26-17(13-5-6-13)21(30)27-7-3-4-8-27/h9-13,17H,2-8H2,1H3,(H,22,23)(H,26,29)/t17-/m1/s1. The largest absolute Gasteiger partial charge is 0.344 e. The summed E-state index contributed by atoms with van der Waals surface area (Å²) in [6, 6.07) is -0.459. The number of aromatic amines is 1. The molecule has 1 aliphatic heterocycles. The first-order valence-corrected chi connectivity index (χ1v) is 10.6. The van der Waals surface area contributed by atoms with E-state index in [1.54, 1.807) is 18.6 Å². The summed E-state index contributed by atoms with van der Waals surface area (Å²) >= 11 is 0. The van der Waals surface area contributed by atoms with E-state index in [9.17, 15) is 9.59 Å². The van der Waals surface area contributed by atoms with Crippen LogP contribution in [0, 0.1) is 5.92 Å². The fraction of sp³-hybridized carbons (Fsp3) is 0.476. The average Bonchev–Trinajstić information content (AvgIpc) is 3.18. The van der Waals surface area contributed by atoms with Crippen LogP contribution < -0.4 is 5.32 Å². The van der Waals surface area contributed by atoms with Crippen molar-refractivity contribution >= 4 is 23.0 Å². The van der Waals surface area contributed by atoms with Crippen molar-refractivity contribution in [1.82, 2.24) is 34.9 Å². The van der Waals surface area contributed by atoms with Gasteiger partial charge in [-0.2, -0.15) is 5.10 Å². The molecule has 2 amide bonds. The summed E-state index contributed by atoms with van der Waals surface area (Å²) in [6.07, 6.45) is 10.9. The second-order valence-corrected chi connectivity index (χ2v) is 8.06. The van der Waals surface area contributed by atoms with Gasteiger partial charge in [-0.1, -0.05) is 0 Å². The predicted molar refractivity (Wildman–Crippen MR) is 111 cm³/mol. The number of carbonyl (C=O) groups excluding carboxylic acids is 2. The molecule has 0 aromatic carbocycles. The summed E-state index contributed by atoms with van der Waals surface area (Å²) in [7, 11) is 0. The van der Waals surface area contributed by atoms with Crippen LogP contribution in [0.15, 0.2) is 24.8 Å². The molecule has 0 spiro atoms. The number of carbonyl (C=O) groups is 2. The Morgan fingerprint density at radius 2 is 2.07 bits per heavy atom. The molecular formula is C21H25N7O2. The van der Waals surface area contributed by atoms with Crippen LogP contribution in [0.2, 0.25) is 0 Å². The van der Waals surface area contributed by atoms with Crippen LogP contribution in [0.3, 0.4) is 0 Å². The van der Waals surface area contributed by atoms with Gasteiger partial charge in [-0.25, -0.2) is 9.97 Å². The van der Waals surface area contributed by atoms with Crippen molar-refractivity contribution in [3.05, 3.63) is 30.4 Å². The van der Waals surface area contributed by atoms with Crippen LogP contribution in [-0.4, -0.2) is 60.6 Å². The first kappa shape index (κ1) is 18.8. The number of nitrogens with one attached hydrogen (secondary N) is 2. The van der Waals surface area contributed by atoms with Crippen molar-refractivity contribution in [2.45, 2.75) is 45.2 Å². The van der Waals surface area contributed by atoms with E-state index < -0.39 is 6.04 Å². The highest BCUT2D eigenvalue weighted by Gasteiger charge is 2.40. The number of amides is 2. The Labute approximate surface area is 173 Å². The molecular weight excluding hydrogens is 382 g/mol. The second kappa shape index (κ2) is 7.55. The third-order valence-corrected chi connectivity index (χ3v) is 5.94. The van der Waals surface area contributed by atoms with Gasteiger partial charge in [-0.05, 0) is 38.5 Å². The summed E-state index contributed by atoms with van der Waals surface area (Å²) in [4.78, 5) is 40.0. The second-order valence-electron chi connectivity index (χ2n) is 8.06. The number of hydrogen-bond donors (Lipinski definition) is 2. The summed E-state index contributed by atoms with van der Waals surface area (Å²) < 4.78 is 1.82. The molecule has 9 nitrogen and oxygen atoms in total. The molecule has 4 heterocycles. The molecule has 2 aliphatic rings. The zero-order chi connectivity index (χ0) is 20.7. The molecule has 3 aromatic rings. The van der Waals surface area contributed by atoms with Crippen LogP contribution in [0.1, 0.15) is 43.0 Å². The molecule has 5 rings (SSSR count). The molecule has 2 N–H and O–H groups in total. The molecule has 1 saturated heterocycles. The number of nitrogens with zero attached hydrogens (tertiary/aromatic N) is 5. The van der Waals surface area contributed by atoms with Crippen molar-refractivity contribution in [2.24, 2.45) is 5.92 Å². The fourth-order valence-corrected chi connectivity index (χ4v) is 4.04. The predicted octanol–water partition coefficient (Wildman–Crippen LogP) is 1.97. The van der Waals surface area contributed by atoms with Crippen LogP contribution in [-0.2, 0) is 11.3 Å². The Morgan fingerprint density at radius 3 is 2.77 bits per heavy atom. The zero-order valence-electron chi connectivity index (χ0n) is 17.0. The molecule has 0 radical (unpaired) electrons. The average molecular weight is 407 g/mol. The molecule has 1 saturated carbocycles. The number of rotatable bonds is 6. The van der Waals surface area contributed by atoms with E-state index in [0.717, 1.165) is 50.9 Å². The monoisotopic (exact) mass is 407 g/mol. The first-order valence-electron chi connectivity index (χ1n) is 10.6. The number of H-pyrrole nitrogens is 1. The smallest absolute Gasteiger partial charge is 0.255 e. The van der Waals surface area contributed by atoms with Gasteiger partial charge in [0.2, 0.25) is 5.91 Å². The van der Waals surface area contributed by atoms with Gasteiger partial charge in [0, 0.05) is 37.6 Å². The number of hydrogen-bond acceptors (Lipinski definition) is 5. The van der Waals surface area contributed by atoms with Gasteiger partial charge in [0.05, 0.1) is 23.7 Å². The summed E-state index contributed by atoms with van der Waals surface area (Å²) in [5.41, 5.74) is 2.95. The summed E-state index contributed by atoms with van der Waals surface area (Å²) in [5.74, 6) is -0.0165. The Bertz CT molecular complexity index is 1090. The van der Waals surface area contributed by atoms with Crippen molar-refractivity contribution in [1.29, 1.82) is 0 Å². The first-order chi connectivity index (χ1) is 14.6. The Kier molecular flexibility index (Phi) is 4.72. The molecule has 2 fully saturated rings. The van der Waals surface area contributed by atoms with Crippen LogP contribution >= 0.6 is 0 Å². The van der Waals surface area contributed by atoms with E-state index in [1.807, 2.05) is 22.7 Å². The highest BCUT2D eigenvalue weighted by Crippen LogP contribution is 2.34. The molecule has 0 bridgehead atoms. The van der Waals surface area contributed by atoms with E-state index in [4.69, 9.17) is 0 Å². The molecule has 30 heavy (non-hydrogen) atoms. The van der Waals surface area contributed by atoms with Crippen LogP contribution in [0.5, 0.6) is 0 Å². The zero-order valence-corrected chi connectivity index (χ0v) is 17.0. The van der Waals surface area contributed by atoms with Crippen molar-refractivity contribution in [3.8, 4) is 11.3 Å². The van der Waals surface area contributed by atoms with Gasteiger partial charge < -0.3 is 15.2 Å². The van der Waals surface area contributed by atoms with E-state index in [-0.39, 0.29) is 17.7 Å². The quantitative estimate of drug-likeness (QED) is 0.649. The molecule has 156 valence electrons. The third kappa shape index (κ3) is 3.44. The summed E-state index contributed by atoms with van der Waals surface area (Å²) in [6.45, 7) is 4.34. The lowest BCUT2D eigenvalue weighted by Crippen LogP contribution is -2.49. The number of likely N-dealkylation sites (tertiary alicyclic amines) is 1. The topological polar surface area (TPSA) is 109 Å². The lowest BCUT2D eigenvalue weighted by atomic mass is 10.1. The van der Waals surface area contributed by atoms with Crippen LogP contribution in [0.4, 0.5) is 0 Å². The molecule has 1 aliphatic carbocycles. The van der Waals surface area contributed by atoms with E-state index >= 15 is 0 Å². The minimum Gasteiger partial charge on any atom is -0.344 e. The highest BCUT2D eigenvalue weighted by molar-refractivity contribution is 6.06. The third-order valence-electron chi connectivity index (χ3n) is 5.94. The Hall–Kier alpha value is -3.23. The number of fused-ring (bicyclic) bond motifs is 1. The van der Waals surface area contributed by atoms with Crippen molar-refractivity contribution in [2.75, 3.05) is 13.1 Å². The lowest BCUT2D eigenvalue weighted by Gasteiger charge is -2.23. The summed E-state index contributed by atoms with van der Waals surface area (Å²) in [5, 5.41) is 7.27. The van der Waals surface area contributed by atoms with E-state index in [2.05, 4.69) is 25.4 Å². The van der Waals surface area contributed by atoms with Gasteiger partial charge in [0.1, 0.15) is 11.6 Å². The number of aromatic nitrogens is 5. The van der Waals surface area contributed by atoms with E-state index in [1.165, 1.54) is 0 Å². The molecule has 9 heteroatoms. The Morgan fingerprint density at radius 1 is 1.27 bits per heavy atom. The highest BCUT2D eigenvalue weighted by atomic mass is 16.2. The molecule has 1 atom stereocenters. The fourth-order valence-electron chi connectivity index (χ4n) is 4.04. The maximum Gasteiger partial charge on any atom is 0.255 e. The van der Waals surface area contributed by atoms with Gasteiger partial charge in [0.15, 0.2) is 5.65 Å². The maximum absolute atomic E-state index is 13.1. The van der Waals surface area contributed by atoms with Gasteiger partial charge in [-0.3, -0.25) is 14.3 Å². The van der Waals surface area contributed by atoms with Crippen LogP contribution in [0.25, 0.3) is 22.4 Å². The lowest BCUT2D eigenvalue weighted by molar-refractivity contribution is -0.132. The van der Waals surface area contributed by atoms with Crippen molar-refractivity contribution in [3.63, 3.8) is 0 Å². The minimum absolute atomic E-state index is 0.0435. The normalized spacial score (nSPS) is 17.4. The number of aryl methyl sites for hydroxylation is 1. The van der Waals surface area contributed by atoms with Gasteiger partial charge >= 0.3 is 0 Å². The van der Waals surface area contributed by atoms with E-state index in [0.29, 0.717) is 22.4 Å². The SMILES string of the molecule is CCn1cc(-c2cnc3[nH]cc(C(=O)N[C@@H](C(=O)N4CCCC4)C4CC4)c3n2)cn1. The maximum atomic E-state index is 13.1.